The van der Waals surface area contributed by atoms with E-state index in [0.717, 1.165) is 17.0 Å². The highest BCUT2D eigenvalue weighted by molar-refractivity contribution is 6.30. The summed E-state index contributed by atoms with van der Waals surface area (Å²) < 4.78 is 0. The number of benzene rings is 1. The molecular formula is C11H17Cl2N. The summed E-state index contributed by atoms with van der Waals surface area (Å²) in [7, 11) is 0. The molecule has 0 spiro atoms. The summed E-state index contributed by atoms with van der Waals surface area (Å²) in [5.74, 6) is 0.619. The number of halogens is 2. The Kier molecular flexibility index (Phi) is 6.17. The number of hydrogen-bond acceptors (Lipinski definition) is 1. The predicted octanol–water partition coefficient (Wildman–Crippen LogP) is 3.81. The van der Waals surface area contributed by atoms with Gasteiger partial charge in [0.25, 0.3) is 0 Å². The molecule has 0 heterocycles. The molecule has 0 saturated heterocycles. The van der Waals surface area contributed by atoms with E-state index in [2.05, 4.69) is 13.8 Å². The van der Waals surface area contributed by atoms with Crippen LogP contribution in [0.25, 0.3) is 0 Å². The number of nitrogens with two attached hydrogens (primary N) is 1. The second kappa shape index (κ2) is 6.28. The van der Waals surface area contributed by atoms with Crippen molar-refractivity contribution in [3.8, 4) is 0 Å². The van der Waals surface area contributed by atoms with Crippen LogP contribution in [0, 0.1) is 5.92 Å². The molecule has 0 aliphatic heterocycles. The van der Waals surface area contributed by atoms with E-state index in [1.165, 1.54) is 0 Å². The highest BCUT2D eigenvalue weighted by Gasteiger charge is 2.07. The van der Waals surface area contributed by atoms with Crippen LogP contribution in [0.15, 0.2) is 24.3 Å². The first-order valence-electron chi connectivity index (χ1n) is 4.60. The molecule has 0 radical (unpaired) electrons. The van der Waals surface area contributed by atoms with Crippen LogP contribution in [0.3, 0.4) is 0 Å². The summed E-state index contributed by atoms with van der Waals surface area (Å²) in [4.78, 5) is 0. The molecule has 1 nitrogen and oxygen atoms in total. The van der Waals surface area contributed by atoms with Gasteiger partial charge in [-0.05, 0) is 30.0 Å². The van der Waals surface area contributed by atoms with Gasteiger partial charge in [0.1, 0.15) is 0 Å². The van der Waals surface area contributed by atoms with Gasteiger partial charge in [-0.3, -0.25) is 0 Å². The van der Waals surface area contributed by atoms with Crippen molar-refractivity contribution < 1.29 is 0 Å². The van der Waals surface area contributed by atoms with Crippen molar-refractivity contribution in [3.05, 3.63) is 34.9 Å². The molecule has 0 fully saturated rings. The van der Waals surface area contributed by atoms with Gasteiger partial charge in [-0.15, -0.1) is 12.4 Å². The van der Waals surface area contributed by atoms with Crippen LogP contribution < -0.4 is 5.73 Å². The first-order valence-corrected chi connectivity index (χ1v) is 4.98. The summed E-state index contributed by atoms with van der Waals surface area (Å²) in [5, 5.41) is 0.761. The van der Waals surface area contributed by atoms with Gasteiger partial charge in [0.15, 0.2) is 0 Å². The molecule has 1 atom stereocenters. The van der Waals surface area contributed by atoms with Crippen LogP contribution in [0.4, 0.5) is 0 Å². The fraction of sp³-hybridized carbons (Fsp3) is 0.455. The van der Waals surface area contributed by atoms with Crippen molar-refractivity contribution in [1.82, 2.24) is 0 Å². The maximum absolute atomic E-state index is 6.01. The Balaban J connectivity index is 0.00000169. The van der Waals surface area contributed by atoms with Crippen LogP contribution in [-0.2, 0) is 0 Å². The highest BCUT2D eigenvalue weighted by Crippen LogP contribution is 2.21. The van der Waals surface area contributed by atoms with Crippen LogP contribution >= 0.6 is 24.0 Å². The lowest BCUT2D eigenvalue weighted by molar-refractivity contribution is 0.510. The smallest absolute Gasteiger partial charge is 0.0409 e. The molecule has 1 aromatic carbocycles. The minimum atomic E-state index is 0. The van der Waals surface area contributed by atoms with E-state index in [0.29, 0.717) is 5.92 Å². The second-order valence-corrected chi connectivity index (χ2v) is 4.23. The van der Waals surface area contributed by atoms with E-state index in [1.807, 2.05) is 24.3 Å². The van der Waals surface area contributed by atoms with Crippen LogP contribution in [0.1, 0.15) is 31.9 Å². The summed E-state index contributed by atoms with van der Waals surface area (Å²) in [6.45, 7) is 4.34. The van der Waals surface area contributed by atoms with Gasteiger partial charge in [0.05, 0.1) is 0 Å². The second-order valence-electron chi connectivity index (χ2n) is 3.79. The average Bonchev–Trinajstić information content (AvgIpc) is 2.03. The van der Waals surface area contributed by atoms with Gasteiger partial charge < -0.3 is 5.73 Å². The fourth-order valence-corrected chi connectivity index (χ4v) is 1.58. The zero-order chi connectivity index (χ0) is 9.84. The SMILES string of the molecule is CC(C)C[C@@H](N)c1cccc(Cl)c1.Cl. The first kappa shape index (κ1) is 13.8. The molecule has 14 heavy (non-hydrogen) atoms. The van der Waals surface area contributed by atoms with Crippen molar-refractivity contribution in [2.75, 3.05) is 0 Å². The quantitative estimate of drug-likeness (QED) is 0.845. The van der Waals surface area contributed by atoms with Crippen LogP contribution in [0.2, 0.25) is 5.02 Å². The van der Waals surface area contributed by atoms with E-state index < -0.39 is 0 Å². The Hall–Kier alpha value is -0.240. The Morgan fingerprint density at radius 3 is 2.50 bits per heavy atom. The molecule has 80 valence electrons. The minimum absolute atomic E-state index is 0. The lowest BCUT2D eigenvalue weighted by atomic mass is 9.98. The Morgan fingerprint density at radius 2 is 2.00 bits per heavy atom. The van der Waals surface area contributed by atoms with E-state index in [-0.39, 0.29) is 18.4 Å². The normalized spacial score (nSPS) is 12.4. The van der Waals surface area contributed by atoms with E-state index in [4.69, 9.17) is 17.3 Å². The van der Waals surface area contributed by atoms with Crippen molar-refractivity contribution in [2.24, 2.45) is 11.7 Å². The maximum Gasteiger partial charge on any atom is 0.0409 e. The van der Waals surface area contributed by atoms with Crippen LogP contribution in [0.5, 0.6) is 0 Å². The third-order valence-electron chi connectivity index (χ3n) is 2.00. The number of hydrogen-bond donors (Lipinski definition) is 1. The van der Waals surface area contributed by atoms with Crippen molar-refractivity contribution in [2.45, 2.75) is 26.3 Å². The molecule has 0 aromatic heterocycles. The largest absolute Gasteiger partial charge is 0.324 e. The molecule has 1 rings (SSSR count). The Labute approximate surface area is 97.1 Å². The van der Waals surface area contributed by atoms with Gasteiger partial charge in [0.2, 0.25) is 0 Å². The predicted molar refractivity (Wildman–Crippen MR) is 65.1 cm³/mol. The van der Waals surface area contributed by atoms with Gasteiger partial charge in [-0.2, -0.15) is 0 Å². The molecular weight excluding hydrogens is 217 g/mol. The molecule has 1 aromatic rings. The third kappa shape index (κ3) is 4.32. The summed E-state index contributed by atoms with van der Waals surface area (Å²) in [6, 6.07) is 7.89. The maximum atomic E-state index is 6.01. The lowest BCUT2D eigenvalue weighted by Crippen LogP contribution is -2.12. The average molecular weight is 234 g/mol. The zero-order valence-corrected chi connectivity index (χ0v) is 10.1. The lowest BCUT2D eigenvalue weighted by Gasteiger charge is -2.14. The van der Waals surface area contributed by atoms with Crippen molar-refractivity contribution in [3.63, 3.8) is 0 Å². The van der Waals surface area contributed by atoms with E-state index >= 15 is 0 Å². The third-order valence-corrected chi connectivity index (χ3v) is 2.24. The molecule has 0 saturated carbocycles. The van der Waals surface area contributed by atoms with E-state index in [1.54, 1.807) is 0 Å². The zero-order valence-electron chi connectivity index (χ0n) is 8.53. The Morgan fingerprint density at radius 1 is 1.36 bits per heavy atom. The van der Waals surface area contributed by atoms with Gasteiger partial charge >= 0.3 is 0 Å². The summed E-state index contributed by atoms with van der Waals surface area (Å²) in [5.41, 5.74) is 7.13. The highest BCUT2D eigenvalue weighted by atomic mass is 35.5. The fourth-order valence-electron chi connectivity index (χ4n) is 1.38. The molecule has 0 amide bonds. The van der Waals surface area contributed by atoms with Crippen LogP contribution in [-0.4, -0.2) is 0 Å². The molecule has 0 unspecified atom stereocenters. The monoisotopic (exact) mass is 233 g/mol. The van der Waals surface area contributed by atoms with E-state index in [9.17, 15) is 0 Å². The molecule has 0 aliphatic rings. The minimum Gasteiger partial charge on any atom is -0.324 e. The molecule has 0 aliphatic carbocycles. The van der Waals surface area contributed by atoms with Gasteiger partial charge in [-0.1, -0.05) is 37.6 Å². The van der Waals surface area contributed by atoms with Gasteiger partial charge in [0, 0.05) is 11.1 Å². The summed E-state index contributed by atoms with van der Waals surface area (Å²) >= 11 is 5.87. The molecule has 3 heteroatoms. The summed E-state index contributed by atoms with van der Waals surface area (Å²) in [6.07, 6.45) is 1.00. The van der Waals surface area contributed by atoms with Crippen molar-refractivity contribution in [1.29, 1.82) is 0 Å². The molecule has 0 bridgehead atoms. The standard InChI is InChI=1S/C11H16ClN.ClH/c1-8(2)6-11(13)9-4-3-5-10(12)7-9;/h3-5,7-8,11H,6,13H2,1-2H3;1H/t11-;/m1./s1. The first-order chi connectivity index (χ1) is 6.09. The van der Waals surface area contributed by atoms with Crippen molar-refractivity contribution >= 4 is 24.0 Å². The molecule has 2 N–H and O–H groups in total. The topological polar surface area (TPSA) is 26.0 Å². The Bertz CT molecular complexity index is 274. The number of rotatable bonds is 3. The van der Waals surface area contributed by atoms with Gasteiger partial charge in [-0.25, -0.2) is 0 Å².